The number of hydrogen-bond acceptors (Lipinski definition) is 3. The lowest BCUT2D eigenvalue weighted by Gasteiger charge is -2.27. The zero-order chi connectivity index (χ0) is 14.5. The van der Waals surface area contributed by atoms with E-state index in [4.69, 9.17) is 10.5 Å². The van der Waals surface area contributed by atoms with Crippen LogP contribution in [0.5, 0.6) is 0 Å². The Labute approximate surface area is 126 Å². The average Bonchev–Trinajstić information content (AvgIpc) is 2.72. The lowest BCUT2D eigenvalue weighted by molar-refractivity contribution is 0.0650. The molecule has 1 aromatic heterocycles. The van der Waals surface area contributed by atoms with Gasteiger partial charge >= 0.3 is 0 Å². The van der Waals surface area contributed by atoms with E-state index in [0.717, 1.165) is 24.1 Å². The third kappa shape index (κ3) is 3.80. The summed E-state index contributed by atoms with van der Waals surface area (Å²) >= 11 is 0. The lowest BCUT2D eigenvalue weighted by atomic mass is 9.93. The molecule has 2 N–H and O–H groups in total. The number of ether oxygens (including phenoxy) is 1. The van der Waals surface area contributed by atoms with Crippen LogP contribution in [-0.4, -0.2) is 17.1 Å². The maximum atomic E-state index is 6.47. The SMILES string of the molecule is NC1(COCc2ccc3ccccc3n2)CCCCCC1. The minimum absolute atomic E-state index is 0.132. The Bertz CT molecular complexity index is 589. The summed E-state index contributed by atoms with van der Waals surface area (Å²) in [6, 6.07) is 12.3. The van der Waals surface area contributed by atoms with Crippen LogP contribution in [0.2, 0.25) is 0 Å². The molecule has 1 aliphatic rings. The summed E-state index contributed by atoms with van der Waals surface area (Å²) < 4.78 is 5.88. The van der Waals surface area contributed by atoms with Gasteiger partial charge in [-0.25, -0.2) is 0 Å². The van der Waals surface area contributed by atoms with Crippen LogP contribution in [0.4, 0.5) is 0 Å². The van der Waals surface area contributed by atoms with Gasteiger partial charge in [-0.1, -0.05) is 49.9 Å². The molecule has 3 rings (SSSR count). The van der Waals surface area contributed by atoms with Gasteiger partial charge in [-0.3, -0.25) is 4.98 Å². The number of fused-ring (bicyclic) bond motifs is 1. The number of nitrogens with two attached hydrogens (primary N) is 1. The summed E-state index contributed by atoms with van der Waals surface area (Å²) in [7, 11) is 0. The molecule has 112 valence electrons. The third-order valence-corrected chi connectivity index (χ3v) is 4.39. The van der Waals surface area contributed by atoms with Crippen LogP contribution in [0.3, 0.4) is 0 Å². The highest BCUT2D eigenvalue weighted by molar-refractivity contribution is 5.78. The third-order valence-electron chi connectivity index (χ3n) is 4.39. The molecule has 2 aromatic rings. The Hall–Kier alpha value is -1.45. The second kappa shape index (κ2) is 6.54. The van der Waals surface area contributed by atoms with Gasteiger partial charge in [0, 0.05) is 10.9 Å². The molecule has 1 heterocycles. The van der Waals surface area contributed by atoms with E-state index in [9.17, 15) is 0 Å². The van der Waals surface area contributed by atoms with Crippen molar-refractivity contribution in [3.63, 3.8) is 0 Å². The van der Waals surface area contributed by atoms with Gasteiger partial charge in [0.05, 0.1) is 24.4 Å². The van der Waals surface area contributed by atoms with Crippen LogP contribution < -0.4 is 5.73 Å². The van der Waals surface area contributed by atoms with Gasteiger partial charge in [-0.15, -0.1) is 0 Å². The van der Waals surface area contributed by atoms with Crippen LogP contribution in [0.1, 0.15) is 44.2 Å². The summed E-state index contributed by atoms with van der Waals surface area (Å²) in [6.45, 7) is 1.19. The van der Waals surface area contributed by atoms with Crippen molar-refractivity contribution in [2.75, 3.05) is 6.61 Å². The molecule has 1 fully saturated rings. The van der Waals surface area contributed by atoms with Gasteiger partial charge in [0.15, 0.2) is 0 Å². The van der Waals surface area contributed by atoms with Crippen molar-refractivity contribution in [1.82, 2.24) is 4.98 Å². The molecule has 0 saturated heterocycles. The summed E-state index contributed by atoms with van der Waals surface area (Å²) in [5, 5.41) is 1.17. The van der Waals surface area contributed by atoms with E-state index >= 15 is 0 Å². The number of aromatic nitrogens is 1. The highest BCUT2D eigenvalue weighted by Crippen LogP contribution is 2.25. The van der Waals surface area contributed by atoms with Gasteiger partial charge in [0.2, 0.25) is 0 Å². The van der Waals surface area contributed by atoms with E-state index in [1.165, 1.54) is 31.1 Å². The lowest BCUT2D eigenvalue weighted by Crippen LogP contribution is -2.43. The zero-order valence-corrected chi connectivity index (χ0v) is 12.6. The van der Waals surface area contributed by atoms with Crippen molar-refractivity contribution in [3.05, 3.63) is 42.1 Å². The monoisotopic (exact) mass is 284 g/mol. The molecule has 0 bridgehead atoms. The molecule has 21 heavy (non-hydrogen) atoms. The Kier molecular flexibility index (Phi) is 4.51. The van der Waals surface area contributed by atoms with Crippen molar-refractivity contribution < 1.29 is 4.74 Å². The summed E-state index contributed by atoms with van der Waals surface area (Å²) in [5.74, 6) is 0. The summed E-state index contributed by atoms with van der Waals surface area (Å²) in [4.78, 5) is 4.63. The zero-order valence-electron chi connectivity index (χ0n) is 12.6. The first-order chi connectivity index (χ1) is 10.3. The maximum absolute atomic E-state index is 6.47. The number of hydrogen-bond donors (Lipinski definition) is 1. The Balaban J connectivity index is 1.58. The number of para-hydroxylation sites is 1. The quantitative estimate of drug-likeness (QED) is 0.869. The van der Waals surface area contributed by atoms with Crippen LogP contribution in [0.15, 0.2) is 36.4 Å². The first-order valence-corrected chi connectivity index (χ1v) is 7.97. The molecular weight excluding hydrogens is 260 g/mol. The molecule has 1 aliphatic carbocycles. The van der Waals surface area contributed by atoms with Gasteiger partial charge in [-0.2, -0.15) is 0 Å². The van der Waals surface area contributed by atoms with Crippen LogP contribution in [0.25, 0.3) is 10.9 Å². The van der Waals surface area contributed by atoms with Gasteiger partial charge < -0.3 is 10.5 Å². The Morgan fingerprint density at radius 3 is 2.57 bits per heavy atom. The molecule has 0 unspecified atom stereocenters. The van der Waals surface area contributed by atoms with Crippen LogP contribution >= 0.6 is 0 Å². The smallest absolute Gasteiger partial charge is 0.0889 e. The topological polar surface area (TPSA) is 48.1 Å². The van der Waals surface area contributed by atoms with Crippen molar-refractivity contribution >= 4 is 10.9 Å². The second-order valence-electron chi connectivity index (χ2n) is 6.26. The van der Waals surface area contributed by atoms with Gasteiger partial charge in [0.25, 0.3) is 0 Å². The predicted molar refractivity (Wildman–Crippen MR) is 86.0 cm³/mol. The number of rotatable bonds is 4. The maximum Gasteiger partial charge on any atom is 0.0889 e. The molecule has 0 aliphatic heterocycles. The Morgan fingerprint density at radius 2 is 1.76 bits per heavy atom. The fraction of sp³-hybridized carbons (Fsp3) is 0.500. The molecule has 0 amide bonds. The van der Waals surface area contributed by atoms with Crippen molar-refractivity contribution in [2.45, 2.75) is 50.7 Å². The number of pyridine rings is 1. The van der Waals surface area contributed by atoms with Gasteiger partial charge in [0.1, 0.15) is 0 Å². The fourth-order valence-corrected chi connectivity index (χ4v) is 3.12. The predicted octanol–water partition coefficient (Wildman–Crippen LogP) is 3.80. The minimum Gasteiger partial charge on any atom is -0.373 e. The molecule has 0 radical (unpaired) electrons. The molecule has 1 saturated carbocycles. The summed E-state index contributed by atoms with van der Waals surface area (Å²) in [6.07, 6.45) is 7.24. The normalized spacial score (nSPS) is 18.5. The van der Waals surface area contributed by atoms with Crippen LogP contribution in [-0.2, 0) is 11.3 Å². The molecule has 0 atom stereocenters. The second-order valence-corrected chi connectivity index (χ2v) is 6.26. The molecule has 1 aromatic carbocycles. The standard InChI is InChI=1S/C18H24N2O/c19-18(11-5-1-2-6-12-18)14-21-13-16-10-9-15-7-3-4-8-17(15)20-16/h3-4,7-10H,1-2,5-6,11-14,19H2. The molecule has 3 nitrogen and oxygen atoms in total. The van der Waals surface area contributed by atoms with Crippen LogP contribution in [0, 0.1) is 0 Å². The number of benzene rings is 1. The van der Waals surface area contributed by atoms with Crippen molar-refractivity contribution in [3.8, 4) is 0 Å². The molecule has 3 heteroatoms. The van der Waals surface area contributed by atoms with E-state index in [1.807, 2.05) is 24.3 Å². The molecular formula is C18H24N2O. The van der Waals surface area contributed by atoms with E-state index in [0.29, 0.717) is 13.2 Å². The minimum atomic E-state index is -0.132. The first-order valence-electron chi connectivity index (χ1n) is 7.97. The van der Waals surface area contributed by atoms with Crippen molar-refractivity contribution in [2.24, 2.45) is 5.73 Å². The molecule has 0 spiro atoms. The fourth-order valence-electron chi connectivity index (χ4n) is 3.12. The largest absolute Gasteiger partial charge is 0.373 e. The van der Waals surface area contributed by atoms with E-state index in [1.54, 1.807) is 0 Å². The highest BCUT2D eigenvalue weighted by Gasteiger charge is 2.26. The van der Waals surface area contributed by atoms with Crippen molar-refractivity contribution in [1.29, 1.82) is 0 Å². The van der Waals surface area contributed by atoms with E-state index < -0.39 is 0 Å². The number of nitrogens with zero attached hydrogens (tertiary/aromatic N) is 1. The Morgan fingerprint density at radius 1 is 1.00 bits per heavy atom. The van der Waals surface area contributed by atoms with E-state index in [-0.39, 0.29) is 5.54 Å². The van der Waals surface area contributed by atoms with E-state index in [2.05, 4.69) is 17.1 Å². The first kappa shape index (κ1) is 14.5. The highest BCUT2D eigenvalue weighted by atomic mass is 16.5. The van der Waals surface area contributed by atoms with Gasteiger partial charge in [-0.05, 0) is 25.0 Å². The summed E-state index contributed by atoms with van der Waals surface area (Å²) in [5.41, 5.74) is 8.34. The average molecular weight is 284 g/mol.